The Morgan fingerprint density at radius 1 is 1.25 bits per heavy atom. The summed E-state index contributed by atoms with van der Waals surface area (Å²) in [4.78, 5) is 25.5. The number of carboxylic acid groups (broad SMARTS) is 1. The number of aliphatic carboxylic acids is 1. The van der Waals surface area contributed by atoms with E-state index >= 15 is 0 Å². The molecule has 0 saturated heterocycles. The molecule has 1 rings (SSSR count). The molecule has 0 spiro atoms. The van der Waals surface area contributed by atoms with Crippen LogP contribution in [0.15, 0.2) is 29.2 Å². The Morgan fingerprint density at radius 2 is 1.80 bits per heavy atom. The van der Waals surface area contributed by atoms with Gasteiger partial charge in [0.15, 0.2) is 0 Å². The molecule has 0 atom stereocenters. The predicted octanol–water partition coefficient (Wildman–Crippen LogP) is 3.13. The molecule has 0 saturated carbocycles. The van der Waals surface area contributed by atoms with E-state index in [1.54, 1.807) is 44.7 Å². The topological polar surface area (TPSA) is 69.6 Å². The van der Waals surface area contributed by atoms with E-state index in [0.29, 0.717) is 5.69 Å². The van der Waals surface area contributed by atoms with Crippen LogP contribution in [0, 0.1) is 0 Å². The quantitative estimate of drug-likeness (QED) is 0.838. The molecule has 2 N–H and O–H groups in total. The first-order valence-electron chi connectivity index (χ1n) is 6.18. The molecule has 20 heavy (non-hydrogen) atoms. The van der Waals surface area contributed by atoms with Crippen LogP contribution in [0.3, 0.4) is 0 Å². The summed E-state index contributed by atoms with van der Waals surface area (Å²) in [5, 5.41) is 11.6. The largest absolute Gasteiger partial charge is 0.480 e. The minimum Gasteiger partial charge on any atom is -0.480 e. The van der Waals surface area contributed by atoms with Crippen LogP contribution in [-0.4, -0.2) is 40.3 Å². The van der Waals surface area contributed by atoms with Gasteiger partial charge in [-0.25, -0.2) is 4.79 Å². The van der Waals surface area contributed by atoms with E-state index in [1.165, 1.54) is 4.90 Å². The lowest BCUT2D eigenvalue weighted by atomic mass is 10.1. The fourth-order valence-corrected chi connectivity index (χ4v) is 2.02. The van der Waals surface area contributed by atoms with Crippen molar-refractivity contribution in [3.63, 3.8) is 0 Å². The summed E-state index contributed by atoms with van der Waals surface area (Å²) in [6.45, 7) is 5.06. The number of amides is 2. The van der Waals surface area contributed by atoms with Crippen molar-refractivity contribution in [2.75, 3.05) is 18.1 Å². The number of nitrogens with one attached hydrogen (secondary N) is 1. The minimum absolute atomic E-state index is 0.335. The molecule has 110 valence electrons. The Hall–Kier alpha value is -1.69. The van der Waals surface area contributed by atoms with Crippen molar-refractivity contribution in [1.29, 1.82) is 0 Å². The molecule has 1 aromatic carbocycles. The van der Waals surface area contributed by atoms with Crippen molar-refractivity contribution in [2.45, 2.75) is 31.2 Å². The summed E-state index contributed by atoms with van der Waals surface area (Å²) < 4.78 is 0. The number of anilines is 1. The van der Waals surface area contributed by atoms with Gasteiger partial charge in [0.1, 0.15) is 6.54 Å². The number of carbonyl (C=O) groups excluding carboxylic acids is 1. The number of urea groups is 1. The number of hydrogen-bond donors (Lipinski definition) is 2. The zero-order valence-electron chi connectivity index (χ0n) is 12.1. The summed E-state index contributed by atoms with van der Waals surface area (Å²) in [5.41, 5.74) is 0.0780. The van der Waals surface area contributed by atoms with Crippen LogP contribution in [0.4, 0.5) is 10.5 Å². The number of nitrogens with zero attached hydrogens (tertiary/aromatic N) is 1. The molecule has 2 amide bonds. The third-order valence-electron chi connectivity index (χ3n) is 2.69. The molecular weight excluding hydrogens is 276 g/mol. The Balaban J connectivity index is 2.82. The van der Waals surface area contributed by atoms with Gasteiger partial charge in [-0.1, -0.05) is 0 Å². The van der Waals surface area contributed by atoms with Crippen LogP contribution in [0.1, 0.15) is 20.8 Å². The maximum Gasteiger partial charge on any atom is 0.323 e. The lowest BCUT2D eigenvalue weighted by molar-refractivity contribution is -0.138. The number of carboxylic acids is 1. The molecule has 0 heterocycles. The van der Waals surface area contributed by atoms with Crippen molar-refractivity contribution in [1.82, 2.24) is 4.90 Å². The maximum atomic E-state index is 12.2. The monoisotopic (exact) mass is 296 g/mol. The van der Waals surface area contributed by atoms with Gasteiger partial charge in [-0.2, -0.15) is 0 Å². The molecule has 0 radical (unpaired) electrons. The smallest absolute Gasteiger partial charge is 0.323 e. The lowest BCUT2D eigenvalue weighted by Gasteiger charge is -2.34. The van der Waals surface area contributed by atoms with Crippen molar-refractivity contribution >= 4 is 29.4 Å². The third kappa shape index (κ3) is 4.77. The van der Waals surface area contributed by atoms with Crippen molar-refractivity contribution in [3.8, 4) is 0 Å². The molecule has 0 aromatic heterocycles. The van der Waals surface area contributed by atoms with Gasteiger partial charge in [0.05, 0.1) is 0 Å². The summed E-state index contributed by atoms with van der Waals surface area (Å²) in [5.74, 6) is -1.03. The number of carbonyl (C=O) groups is 2. The standard InChI is InChI=1S/C14H20N2O3S/c1-14(2,3)16(9-12(17)18)13(19)15-10-5-7-11(20-4)8-6-10/h5-8H,9H2,1-4H3,(H,15,19)(H,17,18). The highest BCUT2D eigenvalue weighted by molar-refractivity contribution is 7.98. The van der Waals surface area contributed by atoms with Gasteiger partial charge in [-0.3, -0.25) is 4.79 Å². The summed E-state index contributed by atoms with van der Waals surface area (Å²) in [7, 11) is 0. The summed E-state index contributed by atoms with van der Waals surface area (Å²) in [6.07, 6.45) is 1.97. The molecule has 0 fully saturated rings. The average molecular weight is 296 g/mol. The number of hydrogen-bond acceptors (Lipinski definition) is 3. The van der Waals surface area contributed by atoms with Gasteiger partial charge in [0.25, 0.3) is 0 Å². The minimum atomic E-state index is -1.03. The highest BCUT2D eigenvalue weighted by Gasteiger charge is 2.28. The van der Waals surface area contributed by atoms with E-state index in [1.807, 2.05) is 18.4 Å². The molecular formula is C14H20N2O3S. The number of benzene rings is 1. The Morgan fingerprint density at radius 3 is 2.20 bits per heavy atom. The second-order valence-corrected chi connectivity index (χ2v) is 6.19. The van der Waals surface area contributed by atoms with Gasteiger partial charge < -0.3 is 15.3 Å². The first-order chi connectivity index (χ1) is 9.24. The van der Waals surface area contributed by atoms with Gasteiger partial charge in [0.2, 0.25) is 0 Å². The molecule has 1 aromatic rings. The van der Waals surface area contributed by atoms with E-state index in [0.717, 1.165) is 4.90 Å². The number of rotatable bonds is 4. The first-order valence-corrected chi connectivity index (χ1v) is 7.41. The fraction of sp³-hybridized carbons (Fsp3) is 0.429. The maximum absolute atomic E-state index is 12.2. The zero-order valence-corrected chi connectivity index (χ0v) is 13.0. The van der Waals surface area contributed by atoms with E-state index < -0.39 is 17.5 Å². The molecule has 0 aliphatic carbocycles. The Labute approximate surface area is 123 Å². The second kappa shape index (κ2) is 6.65. The van der Waals surface area contributed by atoms with Crippen LogP contribution in [0.2, 0.25) is 0 Å². The van der Waals surface area contributed by atoms with Crippen molar-refractivity contribution in [2.24, 2.45) is 0 Å². The predicted molar refractivity (Wildman–Crippen MR) is 81.3 cm³/mol. The van der Waals surface area contributed by atoms with Gasteiger partial charge in [-0.05, 0) is 51.3 Å². The van der Waals surface area contributed by atoms with E-state index in [2.05, 4.69) is 5.32 Å². The molecule has 5 nitrogen and oxygen atoms in total. The van der Waals surface area contributed by atoms with Gasteiger partial charge in [-0.15, -0.1) is 11.8 Å². The van der Waals surface area contributed by atoms with Crippen LogP contribution >= 0.6 is 11.8 Å². The molecule has 0 unspecified atom stereocenters. The molecule has 6 heteroatoms. The summed E-state index contributed by atoms with van der Waals surface area (Å²) in [6, 6.07) is 6.98. The molecule has 0 aliphatic rings. The summed E-state index contributed by atoms with van der Waals surface area (Å²) >= 11 is 1.61. The van der Waals surface area contributed by atoms with E-state index in [-0.39, 0.29) is 6.54 Å². The Bertz CT molecular complexity index is 480. The third-order valence-corrected chi connectivity index (χ3v) is 3.43. The van der Waals surface area contributed by atoms with Crippen molar-refractivity contribution < 1.29 is 14.7 Å². The van der Waals surface area contributed by atoms with Crippen LogP contribution in [-0.2, 0) is 4.79 Å². The fourth-order valence-electron chi connectivity index (χ4n) is 1.61. The van der Waals surface area contributed by atoms with Gasteiger partial charge in [0, 0.05) is 16.1 Å². The first kappa shape index (κ1) is 16.4. The van der Waals surface area contributed by atoms with Crippen LogP contribution in [0.25, 0.3) is 0 Å². The molecule has 0 bridgehead atoms. The van der Waals surface area contributed by atoms with E-state index in [4.69, 9.17) is 5.11 Å². The highest BCUT2D eigenvalue weighted by Crippen LogP contribution is 2.19. The van der Waals surface area contributed by atoms with Gasteiger partial charge >= 0.3 is 12.0 Å². The van der Waals surface area contributed by atoms with Crippen LogP contribution < -0.4 is 5.32 Å². The average Bonchev–Trinajstić information content (AvgIpc) is 2.35. The zero-order chi connectivity index (χ0) is 15.3. The normalized spacial score (nSPS) is 11.0. The number of thioether (sulfide) groups is 1. The second-order valence-electron chi connectivity index (χ2n) is 5.31. The van der Waals surface area contributed by atoms with Crippen LogP contribution in [0.5, 0.6) is 0 Å². The molecule has 0 aliphatic heterocycles. The van der Waals surface area contributed by atoms with E-state index in [9.17, 15) is 9.59 Å². The lowest BCUT2D eigenvalue weighted by Crippen LogP contribution is -2.50. The highest BCUT2D eigenvalue weighted by atomic mass is 32.2. The van der Waals surface area contributed by atoms with Crippen molar-refractivity contribution in [3.05, 3.63) is 24.3 Å². The Kier molecular flexibility index (Phi) is 5.44. The SMILES string of the molecule is CSc1ccc(NC(=O)N(CC(=O)O)C(C)(C)C)cc1.